The Morgan fingerprint density at radius 1 is 1.62 bits per heavy atom. The van der Waals surface area contributed by atoms with E-state index in [4.69, 9.17) is 10.8 Å². The molecule has 2 heterocycles. The summed E-state index contributed by atoms with van der Waals surface area (Å²) in [7, 11) is 0. The molecule has 0 saturated carbocycles. The molecule has 0 aromatic carbocycles. The van der Waals surface area contributed by atoms with E-state index in [2.05, 4.69) is 10.2 Å². The van der Waals surface area contributed by atoms with Gasteiger partial charge in [-0.1, -0.05) is 6.07 Å². The predicted molar refractivity (Wildman–Crippen MR) is 56.9 cm³/mol. The van der Waals surface area contributed by atoms with Crippen LogP contribution in [-0.4, -0.2) is 25.7 Å². The third-order valence-electron chi connectivity index (χ3n) is 2.43. The fourth-order valence-electron chi connectivity index (χ4n) is 1.64. The molecule has 0 aliphatic rings. The summed E-state index contributed by atoms with van der Waals surface area (Å²) in [5, 5.41) is 16.6. The van der Waals surface area contributed by atoms with E-state index in [9.17, 15) is 4.79 Å². The number of nitrogens with two attached hydrogens (primary N) is 1. The number of carboxylic acids is 1. The Morgan fingerprint density at radius 3 is 3.06 bits per heavy atom. The van der Waals surface area contributed by atoms with Crippen LogP contribution in [0.4, 0.5) is 0 Å². The summed E-state index contributed by atoms with van der Waals surface area (Å²) in [6.45, 7) is 1.83. The SMILES string of the molecule is Cc1nnc2c(C(N)CC(=O)O)cccn12. The van der Waals surface area contributed by atoms with Gasteiger partial charge in [-0.25, -0.2) is 0 Å². The Bertz CT molecular complexity index is 535. The third kappa shape index (κ3) is 1.74. The zero-order valence-corrected chi connectivity index (χ0v) is 8.79. The maximum absolute atomic E-state index is 10.6. The van der Waals surface area contributed by atoms with Crippen molar-refractivity contribution in [3.63, 3.8) is 0 Å². The molecule has 0 aliphatic heterocycles. The summed E-state index contributed by atoms with van der Waals surface area (Å²) in [6.07, 6.45) is 1.70. The molecule has 2 rings (SSSR count). The van der Waals surface area contributed by atoms with Gasteiger partial charge in [-0.15, -0.1) is 10.2 Å². The first-order valence-corrected chi connectivity index (χ1v) is 4.87. The van der Waals surface area contributed by atoms with Gasteiger partial charge in [0.2, 0.25) is 0 Å². The molecule has 1 unspecified atom stereocenters. The van der Waals surface area contributed by atoms with Crippen LogP contribution in [0.15, 0.2) is 18.3 Å². The Kier molecular flexibility index (Phi) is 2.57. The zero-order chi connectivity index (χ0) is 11.7. The average Bonchev–Trinajstić information content (AvgIpc) is 2.59. The largest absolute Gasteiger partial charge is 0.481 e. The molecule has 0 bridgehead atoms. The molecule has 0 spiro atoms. The van der Waals surface area contributed by atoms with Gasteiger partial charge in [0, 0.05) is 17.8 Å². The minimum Gasteiger partial charge on any atom is -0.481 e. The van der Waals surface area contributed by atoms with E-state index in [1.54, 1.807) is 16.5 Å². The van der Waals surface area contributed by atoms with Crippen LogP contribution in [0.25, 0.3) is 5.65 Å². The minimum absolute atomic E-state index is 0.119. The summed E-state index contributed by atoms with van der Waals surface area (Å²) < 4.78 is 1.79. The first-order valence-electron chi connectivity index (χ1n) is 4.87. The Morgan fingerprint density at radius 2 is 2.38 bits per heavy atom. The lowest BCUT2D eigenvalue weighted by Gasteiger charge is -2.09. The summed E-state index contributed by atoms with van der Waals surface area (Å²) in [6, 6.07) is 3.02. The molecule has 6 heteroatoms. The van der Waals surface area contributed by atoms with Crippen molar-refractivity contribution in [2.24, 2.45) is 5.73 Å². The molecule has 0 amide bonds. The van der Waals surface area contributed by atoms with E-state index in [1.165, 1.54) is 0 Å². The number of rotatable bonds is 3. The van der Waals surface area contributed by atoms with Crippen LogP contribution >= 0.6 is 0 Å². The molecular weight excluding hydrogens is 208 g/mol. The minimum atomic E-state index is -0.925. The summed E-state index contributed by atoms with van der Waals surface area (Å²) in [5.41, 5.74) is 7.13. The Hall–Kier alpha value is -1.95. The number of aromatic nitrogens is 3. The highest BCUT2D eigenvalue weighted by molar-refractivity contribution is 5.68. The molecule has 3 N–H and O–H groups in total. The molecule has 2 aromatic heterocycles. The fraction of sp³-hybridized carbons (Fsp3) is 0.300. The van der Waals surface area contributed by atoms with Gasteiger partial charge in [0.1, 0.15) is 5.82 Å². The molecule has 0 fully saturated rings. The topological polar surface area (TPSA) is 93.5 Å². The normalized spacial score (nSPS) is 12.9. The van der Waals surface area contributed by atoms with E-state index in [1.807, 2.05) is 13.1 Å². The molecule has 84 valence electrons. The first-order chi connectivity index (χ1) is 7.59. The number of pyridine rings is 1. The molecular formula is C10H12N4O2. The quantitative estimate of drug-likeness (QED) is 0.786. The lowest BCUT2D eigenvalue weighted by molar-refractivity contribution is -0.137. The van der Waals surface area contributed by atoms with Crippen LogP contribution in [0.3, 0.4) is 0 Å². The number of hydrogen-bond donors (Lipinski definition) is 2. The van der Waals surface area contributed by atoms with Crippen LogP contribution in [0, 0.1) is 6.92 Å². The number of carboxylic acid groups (broad SMARTS) is 1. The monoisotopic (exact) mass is 220 g/mol. The van der Waals surface area contributed by atoms with E-state index >= 15 is 0 Å². The molecule has 1 atom stereocenters. The molecule has 0 radical (unpaired) electrons. The van der Waals surface area contributed by atoms with Gasteiger partial charge >= 0.3 is 5.97 Å². The van der Waals surface area contributed by atoms with Crippen molar-refractivity contribution >= 4 is 11.6 Å². The number of aryl methyl sites for hydroxylation is 1. The van der Waals surface area contributed by atoms with Gasteiger partial charge in [-0.2, -0.15) is 0 Å². The second-order valence-electron chi connectivity index (χ2n) is 3.61. The van der Waals surface area contributed by atoms with Crippen LogP contribution in [-0.2, 0) is 4.79 Å². The molecule has 16 heavy (non-hydrogen) atoms. The Labute approximate surface area is 91.7 Å². The number of aliphatic carboxylic acids is 1. The van der Waals surface area contributed by atoms with Crippen molar-refractivity contribution in [3.05, 3.63) is 29.7 Å². The number of hydrogen-bond acceptors (Lipinski definition) is 4. The summed E-state index contributed by atoms with van der Waals surface area (Å²) in [4.78, 5) is 10.6. The number of nitrogens with zero attached hydrogens (tertiary/aromatic N) is 3. The van der Waals surface area contributed by atoms with Crippen molar-refractivity contribution in [1.82, 2.24) is 14.6 Å². The lowest BCUT2D eigenvalue weighted by atomic mass is 10.1. The highest BCUT2D eigenvalue weighted by Crippen LogP contribution is 2.18. The van der Waals surface area contributed by atoms with Gasteiger partial charge in [-0.05, 0) is 13.0 Å². The summed E-state index contributed by atoms with van der Waals surface area (Å²) >= 11 is 0. The van der Waals surface area contributed by atoms with Gasteiger partial charge in [-0.3, -0.25) is 9.20 Å². The third-order valence-corrected chi connectivity index (χ3v) is 2.43. The Balaban J connectivity index is 2.48. The van der Waals surface area contributed by atoms with E-state index in [0.29, 0.717) is 11.2 Å². The van der Waals surface area contributed by atoms with Crippen LogP contribution < -0.4 is 5.73 Å². The highest BCUT2D eigenvalue weighted by atomic mass is 16.4. The maximum Gasteiger partial charge on any atom is 0.305 e. The molecule has 0 saturated heterocycles. The first kappa shape index (κ1) is 10.6. The zero-order valence-electron chi connectivity index (χ0n) is 8.79. The van der Waals surface area contributed by atoms with Crippen LogP contribution in [0.2, 0.25) is 0 Å². The second kappa shape index (κ2) is 3.90. The standard InChI is InChI=1S/C10H12N4O2/c1-6-12-13-10-7(3-2-4-14(6)10)8(11)5-9(15)16/h2-4,8H,5,11H2,1H3,(H,15,16). The average molecular weight is 220 g/mol. The molecule has 0 aliphatic carbocycles. The lowest BCUT2D eigenvalue weighted by Crippen LogP contribution is -2.16. The van der Waals surface area contributed by atoms with Crippen molar-refractivity contribution < 1.29 is 9.90 Å². The van der Waals surface area contributed by atoms with E-state index < -0.39 is 12.0 Å². The van der Waals surface area contributed by atoms with Gasteiger partial charge in [0.05, 0.1) is 6.42 Å². The summed E-state index contributed by atoms with van der Waals surface area (Å²) in [5.74, 6) is -0.176. The number of carbonyl (C=O) groups is 1. The van der Waals surface area contributed by atoms with Gasteiger partial charge in [0.25, 0.3) is 0 Å². The second-order valence-corrected chi connectivity index (χ2v) is 3.61. The molecule has 6 nitrogen and oxygen atoms in total. The van der Waals surface area contributed by atoms with Crippen molar-refractivity contribution in [2.45, 2.75) is 19.4 Å². The molecule has 2 aromatic rings. The van der Waals surface area contributed by atoms with E-state index in [0.717, 1.165) is 5.82 Å². The predicted octanol–water partition coefficient (Wildman–Crippen LogP) is 0.512. The smallest absolute Gasteiger partial charge is 0.305 e. The van der Waals surface area contributed by atoms with Crippen molar-refractivity contribution in [2.75, 3.05) is 0 Å². The van der Waals surface area contributed by atoms with Crippen LogP contribution in [0.1, 0.15) is 23.9 Å². The van der Waals surface area contributed by atoms with Crippen molar-refractivity contribution in [3.8, 4) is 0 Å². The highest BCUT2D eigenvalue weighted by Gasteiger charge is 2.15. The van der Waals surface area contributed by atoms with E-state index in [-0.39, 0.29) is 6.42 Å². The number of fused-ring (bicyclic) bond motifs is 1. The fourth-order valence-corrected chi connectivity index (χ4v) is 1.64. The maximum atomic E-state index is 10.6. The van der Waals surface area contributed by atoms with Gasteiger partial charge in [0.15, 0.2) is 5.65 Å². The van der Waals surface area contributed by atoms with Crippen molar-refractivity contribution in [1.29, 1.82) is 0 Å². The van der Waals surface area contributed by atoms with Crippen LogP contribution in [0.5, 0.6) is 0 Å². The van der Waals surface area contributed by atoms with Gasteiger partial charge < -0.3 is 10.8 Å².